The fourth-order valence-electron chi connectivity index (χ4n) is 2.80. The monoisotopic (exact) mass is 365 g/mol. The van der Waals surface area contributed by atoms with Crippen molar-refractivity contribution in [2.75, 3.05) is 6.61 Å². The Balaban J connectivity index is 1.69. The highest BCUT2D eigenvalue weighted by Crippen LogP contribution is 2.34. The number of hydrogen-bond acceptors (Lipinski definition) is 2. The lowest BCUT2D eigenvalue weighted by Gasteiger charge is -2.30. The van der Waals surface area contributed by atoms with E-state index in [0.29, 0.717) is 5.02 Å². The van der Waals surface area contributed by atoms with Crippen LogP contribution in [-0.4, -0.2) is 23.5 Å². The van der Waals surface area contributed by atoms with Crippen LogP contribution in [0.3, 0.4) is 0 Å². The fraction of sp³-hybridized carbons (Fsp3) is 0.316. The summed E-state index contributed by atoms with van der Waals surface area (Å²) >= 11 is 5.91. The Bertz CT molecular complexity index is 763. The van der Waals surface area contributed by atoms with Crippen molar-refractivity contribution in [1.29, 1.82) is 0 Å². The third kappa shape index (κ3) is 4.28. The minimum atomic E-state index is -0.823. The van der Waals surface area contributed by atoms with Gasteiger partial charge in [0.1, 0.15) is 5.82 Å². The summed E-state index contributed by atoms with van der Waals surface area (Å²) in [5.41, 5.74) is 0.970. The zero-order valence-corrected chi connectivity index (χ0v) is 14.5. The fourth-order valence-corrected chi connectivity index (χ4v) is 2.92. The standard InChI is InChI=1S/C19H18ClF2NO2/c1-12(13-2-4-14(20)5-3-13)23(16-7-8-16)19(24)11-25-18-9-6-15(21)10-17(18)22/h2-6,9-10,12,16H,7-8,11H2,1H3. The number of carbonyl (C=O) groups excluding carboxylic acids is 1. The van der Waals surface area contributed by atoms with Crippen molar-refractivity contribution < 1.29 is 18.3 Å². The van der Waals surface area contributed by atoms with Crippen LogP contribution in [0, 0.1) is 11.6 Å². The van der Waals surface area contributed by atoms with Gasteiger partial charge in [0.05, 0.1) is 6.04 Å². The summed E-state index contributed by atoms with van der Waals surface area (Å²) in [4.78, 5) is 14.4. The maximum atomic E-state index is 13.6. The third-order valence-electron chi connectivity index (χ3n) is 4.24. The van der Waals surface area contributed by atoms with E-state index in [2.05, 4.69) is 0 Å². The van der Waals surface area contributed by atoms with Crippen LogP contribution in [0.5, 0.6) is 5.75 Å². The summed E-state index contributed by atoms with van der Waals surface area (Å²) in [6.45, 7) is 1.65. The summed E-state index contributed by atoms with van der Waals surface area (Å²) in [6.07, 6.45) is 1.88. The Morgan fingerprint density at radius 3 is 2.52 bits per heavy atom. The lowest BCUT2D eigenvalue weighted by atomic mass is 10.1. The Morgan fingerprint density at radius 2 is 1.92 bits per heavy atom. The first-order valence-electron chi connectivity index (χ1n) is 8.10. The van der Waals surface area contributed by atoms with E-state index < -0.39 is 11.6 Å². The quantitative estimate of drug-likeness (QED) is 0.739. The van der Waals surface area contributed by atoms with Crippen molar-refractivity contribution in [2.45, 2.75) is 31.8 Å². The molecule has 1 saturated carbocycles. The molecule has 0 saturated heterocycles. The molecule has 1 aliphatic rings. The molecule has 0 spiro atoms. The molecule has 1 atom stereocenters. The molecule has 1 aliphatic carbocycles. The number of rotatable bonds is 6. The molecule has 0 bridgehead atoms. The second-order valence-electron chi connectivity index (χ2n) is 6.12. The lowest BCUT2D eigenvalue weighted by Crippen LogP contribution is -2.38. The molecule has 0 N–H and O–H groups in total. The second-order valence-corrected chi connectivity index (χ2v) is 6.56. The van der Waals surface area contributed by atoms with E-state index in [1.165, 1.54) is 6.07 Å². The molecule has 1 unspecified atom stereocenters. The van der Waals surface area contributed by atoms with Crippen molar-refractivity contribution in [1.82, 2.24) is 4.90 Å². The zero-order chi connectivity index (χ0) is 18.0. The van der Waals surface area contributed by atoms with Gasteiger partial charge in [0, 0.05) is 17.1 Å². The van der Waals surface area contributed by atoms with Crippen LogP contribution in [0.2, 0.25) is 5.02 Å². The molecule has 0 aromatic heterocycles. The molecule has 0 radical (unpaired) electrons. The molecule has 1 fully saturated rings. The van der Waals surface area contributed by atoms with Crippen molar-refractivity contribution in [3.63, 3.8) is 0 Å². The zero-order valence-electron chi connectivity index (χ0n) is 13.7. The van der Waals surface area contributed by atoms with Crippen molar-refractivity contribution >= 4 is 17.5 Å². The summed E-state index contributed by atoms with van der Waals surface area (Å²) < 4.78 is 31.8. The predicted molar refractivity (Wildman–Crippen MR) is 91.6 cm³/mol. The number of carbonyl (C=O) groups is 1. The molecule has 0 aliphatic heterocycles. The highest BCUT2D eigenvalue weighted by atomic mass is 35.5. The molecule has 3 nitrogen and oxygen atoms in total. The van der Waals surface area contributed by atoms with E-state index >= 15 is 0 Å². The van der Waals surface area contributed by atoms with Crippen LogP contribution >= 0.6 is 11.6 Å². The minimum Gasteiger partial charge on any atom is -0.481 e. The summed E-state index contributed by atoms with van der Waals surface area (Å²) in [6, 6.07) is 10.4. The largest absolute Gasteiger partial charge is 0.481 e. The molecular formula is C19H18ClF2NO2. The van der Waals surface area contributed by atoms with Crippen LogP contribution < -0.4 is 4.74 Å². The first kappa shape index (κ1) is 17.7. The van der Waals surface area contributed by atoms with Gasteiger partial charge in [0.15, 0.2) is 18.2 Å². The molecule has 3 rings (SSSR count). The van der Waals surface area contributed by atoms with Crippen molar-refractivity contribution in [3.05, 3.63) is 64.7 Å². The van der Waals surface area contributed by atoms with Gasteiger partial charge in [-0.1, -0.05) is 23.7 Å². The van der Waals surface area contributed by atoms with Gasteiger partial charge in [-0.2, -0.15) is 0 Å². The van der Waals surface area contributed by atoms with E-state index in [0.717, 1.165) is 30.5 Å². The van der Waals surface area contributed by atoms with E-state index in [-0.39, 0.29) is 30.3 Å². The Labute approximate surface area is 150 Å². The number of benzene rings is 2. The maximum Gasteiger partial charge on any atom is 0.261 e. The molecule has 2 aromatic carbocycles. The van der Waals surface area contributed by atoms with Gasteiger partial charge in [-0.3, -0.25) is 4.79 Å². The maximum absolute atomic E-state index is 13.6. The number of ether oxygens (including phenoxy) is 1. The predicted octanol–water partition coefficient (Wildman–Crippen LogP) is 4.75. The Morgan fingerprint density at radius 1 is 1.24 bits per heavy atom. The Hall–Kier alpha value is -2.14. The SMILES string of the molecule is CC(c1ccc(Cl)cc1)N(C(=O)COc1ccc(F)cc1F)C1CC1. The van der Waals surface area contributed by atoms with Crippen molar-refractivity contribution in [2.24, 2.45) is 0 Å². The molecule has 6 heteroatoms. The van der Waals surface area contributed by atoms with Gasteiger partial charge >= 0.3 is 0 Å². The van der Waals surface area contributed by atoms with Crippen molar-refractivity contribution in [3.8, 4) is 5.75 Å². The smallest absolute Gasteiger partial charge is 0.261 e. The van der Waals surface area contributed by atoms with E-state index in [4.69, 9.17) is 16.3 Å². The van der Waals surface area contributed by atoms with E-state index in [1.54, 1.807) is 17.0 Å². The van der Waals surface area contributed by atoms with Crippen LogP contribution in [0.25, 0.3) is 0 Å². The average molecular weight is 366 g/mol. The summed E-state index contributed by atoms with van der Waals surface area (Å²) in [5, 5.41) is 0.635. The number of nitrogens with zero attached hydrogens (tertiary/aromatic N) is 1. The highest BCUT2D eigenvalue weighted by Gasteiger charge is 2.36. The van der Waals surface area contributed by atoms with Gasteiger partial charge in [0.25, 0.3) is 5.91 Å². The second kappa shape index (κ2) is 7.40. The Kier molecular flexibility index (Phi) is 5.23. The molecule has 132 valence electrons. The molecule has 2 aromatic rings. The number of hydrogen-bond donors (Lipinski definition) is 0. The van der Waals surface area contributed by atoms with Crippen LogP contribution in [0.1, 0.15) is 31.4 Å². The summed E-state index contributed by atoms with van der Waals surface area (Å²) in [5.74, 6) is -1.87. The van der Waals surface area contributed by atoms with Gasteiger partial charge < -0.3 is 9.64 Å². The van der Waals surface area contributed by atoms with Crippen LogP contribution in [-0.2, 0) is 4.79 Å². The van der Waals surface area contributed by atoms with Crippen LogP contribution in [0.4, 0.5) is 8.78 Å². The lowest BCUT2D eigenvalue weighted by molar-refractivity contribution is -0.136. The first-order valence-corrected chi connectivity index (χ1v) is 8.48. The number of halogens is 3. The number of amides is 1. The summed E-state index contributed by atoms with van der Waals surface area (Å²) in [7, 11) is 0. The third-order valence-corrected chi connectivity index (χ3v) is 4.49. The van der Waals surface area contributed by atoms with Gasteiger partial charge in [-0.25, -0.2) is 8.78 Å². The molecule has 1 amide bonds. The van der Waals surface area contributed by atoms with Gasteiger partial charge in [0.2, 0.25) is 0 Å². The average Bonchev–Trinajstić information content (AvgIpc) is 3.39. The van der Waals surface area contributed by atoms with Gasteiger partial charge in [-0.15, -0.1) is 0 Å². The minimum absolute atomic E-state index is 0.135. The van der Waals surface area contributed by atoms with Gasteiger partial charge in [-0.05, 0) is 49.6 Å². The van der Waals surface area contributed by atoms with Crippen LogP contribution in [0.15, 0.2) is 42.5 Å². The highest BCUT2D eigenvalue weighted by molar-refractivity contribution is 6.30. The molecular weight excluding hydrogens is 348 g/mol. The molecule has 0 heterocycles. The topological polar surface area (TPSA) is 29.5 Å². The first-order chi connectivity index (χ1) is 12.0. The molecule has 25 heavy (non-hydrogen) atoms. The van der Waals surface area contributed by atoms with E-state index in [9.17, 15) is 13.6 Å². The van der Waals surface area contributed by atoms with E-state index in [1.807, 2.05) is 19.1 Å². The normalized spacial score (nSPS) is 14.9.